The van der Waals surface area contributed by atoms with Crippen molar-refractivity contribution < 1.29 is 19.4 Å². The molecule has 5 heteroatoms. The van der Waals surface area contributed by atoms with E-state index in [0.29, 0.717) is 18.1 Å². The number of aliphatic hydroxyl groups excluding tert-OH is 1. The van der Waals surface area contributed by atoms with Crippen LogP contribution in [-0.4, -0.2) is 43.3 Å². The molecule has 5 nitrogen and oxygen atoms in total. The lowest BCUT2D eigenvalue weighted by atomic mass is 9.74. The fourth-order valence-electron chi connectivity index (χ4n) is 5.55. The van der Waals surface area contributed by atoms with Crippen LogP contribution in [0, 0.1) is 17.8 Å². The second kappa shape index (κ2) is 5.38. The van der Waals surface area contributed by atoms with Crippen LogP contribution in [0.15, 0.2) is 12.1 Å². The lowest BCUT2D eigenvalue weighted by Gasteiger charge is -2.45. The summed E-state index contributed by atoms with van der Waals surface area (Å²) >= 11 is 0. The summed E-state index contributed by atoms with van der Waals surface area (Å²) in [4.78, 5) is 14.7. The SMILES string of the molecule is COc1cc2c(cc1OC)[C@@]13C[C@H](C)[C@@H](CO)[C@@H]1CC(=O)N3CC2. The van der Waals surface area contributed by atoms with Crippen molar-refractivity contribution in [2.45, 2.75) is 31.7 Å². The molecule has 1 saturated heterocycles. The van der Waals surface area contributed by atoms with Crippen molar-refractivity contribution in [1.82, 2.24) is 4.90 Å². The van der Waals surface area contributed by atoms with Gasteiger partial charge < -0.3 is 19.5 Å². The van der Waals surface area contributed by atoms with Crippen molar-refractivity contribution in [1.29, 1.82) is 0 Å². The van der Waals surface area contributed by atoms with Crippen LogP contribution in [0.2, 0.25) is 0 Å². The molecular formula is C19H25NO4. The minimum Gasteiger partial charge on any atom is -0.493 e. The summed E-state index contributed by atoms with van der Waals surface area (Å²) in [5.41, 5.74) is 2.16. The van der Waals surface area contributed by atoms with Crippen molar-refractivity contribution in [2.24, 2.45) is 17.8 Å². The van der Waals surface area contributed by atoms with E-state index in [1.807, 2.05) is 0 Å². The van der Waals surface area contributed by atoms with E-state index in [4.69, 9.17) is 9.47 Å². The van der Waals surface area contributed by atoms with E-state index < -0.39 is 0 Å². The number of hydrogen-bond acceptors (Lipinski definition) is 4. The van der Waals surface area contributed by atoms with E-state index in [1.165, 1.54) is 11.1 Å². The second-order valence-electron chi connectivity index (χ2n) is 7.42. The molecule has 1 aliphatic carbocycles. The van der Waals surface area contributed by atoms with Crippen LogP contribution in [0.5, 0.6) is 11.5 Å². The highest BCUT2D eigenvalue weighted by Gasteiger charge is 2.63. The first-order valence-electron chi connectivity index (χ1n) is 8.73. The van der Waals surface area contributed by atoms with Crippen LogP contribution in [0.25, 0.3) is 0 Å². The number of hydrogen-bond donors (Lipinski definition) is 1. The smallest absolute Gasteiger partial charge is 0.223 e. The first kappa shape index (κ1) is 15.8. The number of carbonyl (C=O) groups excluding carboxylic acids is 1. The topological polar surface area (TPSA) is 59.0 Å². The van der Waals surface area contributed by atoms with Crippen LogP contribution < -0.4 is 9.47 Å². The minimum atomic E-state index is -0.281. The van der Waals surface area contributed by atoms with Gasteiger partial charge in [0.25, 0.3) is 0 Å². The van der Waals surface area contributed by atoms with Crippen LogP contribution in [0.4, 0.5) is 0 Å². The minimum absolute atomic E-state index is 0.150. The molecule has 0 bridgehead atoms. The third kappa shape index (κ3) is 1.82. The fraction of sp³-hybridized carbons (Fsp3) is 0.632. The standard InChI is InChI=1S/C19H25NO4/c1-11-9-19-14-7-17(24-3)16(23-2)6-12(14)4-5-20(19)18(22)8-15(19)13(11)10-21/h6-7,11,13,15,21H,4-5,8-10H2,1-3H3/t11-,13+,15-,19-/m0/s1. The van der Waals surface area contributed by atoms with Gasteiger partial charge in [0.2, 0.25) is 5.91 Å². The van der Waals surface area contributed by atoms with Gasteiger partial charge in [0.15, 0.2) is 11.5 Å². The Labute approximate surface area is 142 Å². The van der Waals surface area contributed by atoms with Crippen LogP contribution in [-0.2, 0) is 16.8 Å². The Morgan fingerprint density at radius 1 is 1.29 bits per heavy atom. The van der Waals surface area contributed by atoms with Gasteiger partial charge in [0, 0.05) is 25.5 Å². The number of rotatable bonds is 3. The summed E-state index contributed by atoms with van der Waals surface area (Å²) in [6.07, 6.45) is 2.30. The third-order valence-corrected chi connectivity index (χ3v) is 6.56. The molecule has 0 aromatic heterocycles. The molecule has 1 amide bonds. The van der Waals surface area contributed by atoms with E-state index in [-0.39, 0.29) is 29.9 Å². The summed E-state index contributed by atoms with van der Waals surface area (Å²) in [6, 6.07) is 4.13. The number of ether oxygens (including phenoxy) is 2. The summed E-state index contributed by atoms with van der Waals surface area (Å²) in [5.74, 6) is 2.44. The number of fused-ring (bicyclic) bond motifs is 1. The molecule has 2 aliphatic heterocycles. The zero-order valence-corrected chi connectivity index (χ0v) is 14.5. The maximum atomic E-state index is 12.7. The Morgan fingerprint density at radius 3 is 2.67 bits per heavy atom. The summed E-state index contributed by atoms with van der Waals surface area (Å²) in [5, 5.41) is 9.91. The zero-order chi connectivity index (χ0) is 17.1. The molecule has 1 N–H and O–H groups in total. The van der Waals surface area contributed by atoms with E-state index in [1.54, 1.807) is 14.2 Å². The highest BCUT2D eigenvalue weighted by atomic mass is 16.5. The first-order valence-corrected chi connectivity index (χ1v) is 8.73. The molecule has 2 fully saturated rings. The predicted molar refractivity (Wildman–Crippen MR) is 89.1 cm³/mol. The van der Waals surface area contributed by atoms with Crippen molar-refractivity contribution in [3.05, 3.63) is 23.3 Å². The number of benzene rings is 1. The Kier molecular flexibility index (Phi) is 3.53. The molecule has 4 rings (SSSR count). The average molecular weight is 331 g/mol. The molecular weight excluding hydrogens is 306 g/mol. The van der Waals surface area contributed by atoms with Gasteiger partial charge in [-0.3, -0.25) is 4.79 Å². The van der Waals surface area contributed by atoms with Gasteiger partial charge in [-0.15, -0.1) is 0 Å². The molecule has 24 heavy (non-hydrogen) atoms. The fourth-order valence-corrected chi connectivity index (χ4v) is 5.55. The van der Waals surface area contributed by atoms with E-state index in [9.17, 15) is 9.90 Å². The van der Waals surface area contributed by atoms with Crippen molar-refractivity contribution in [3.8, 4) is 11.5 Å². The Balaban J connectivity index is 1.92. The lowest BCUT2D eigenvalue weighted by molar-refractivity contribution is -0.132. The van der Waals surface area contributed by atoms with Crippen molar-refractivity contribution in [2.75, 3.05) is 27.4 Å². The van der Waals surface area contributed by atoms with Gasteiger partial charge in [0.1, 0.15) is 0 Å². The van der Waals surface area contributed by atoms with E-state index in [0.717, 1.165) is 25.1 Å². The van der Waals surface area contributed by atoms with Crippen molar-refractivity contribution >= 4 is 5.91 Å². The Hall–Kier alpha value is -1.75. The number of methoxy groups -OCH3 is 2. The second-order valence-corrected chi connectivity index (χ2v) is 7.42. The zero-order valence-electron chi connectivity index (χ0n) is 14.5. The normalized spacial score (nSPS) is 33.9. The van der Waals surface area contributed by atoms with E-state index in [2.05, 4.69) is 24.0 Å². The monoisotopic (exact) mass is 331 g/mol. The maximum absolute atomic E-state index is 12.7. The summed E-state index contributed by atoms with van der Waals surface area (Å²) in [6.45, 7) is 3.10. The summed E-state index contributed by atoms with van der Waals surface area (Å²) in [7, 11) is 3.30. The Bertz CT molecular complexity index is 688. The quantitative estimate of drug-likeness (QED) is 0.920. The highest BCUT2D eigenvalue weighted by Crippen LogP contribution is 2.61. The average Bonchev–Trinajstić information content (AvgIpc) is 3.01. The van der Waals surface area contributed by atoms with Crippen molar-refractivity contribution in [3.63, 3.8) is 0 Å². The third-order valence-electron chi connectivity index (χ3n) is 6.56. The lowest BCUT2D eigenvalue weighted by Crippen LogP contribution is -2.49. The van der Waals surface area contributed by atoms with Gasteiger partial charge in [-0.1, -0.05) is 6.92 Å². The van der Waals surface area contributed by atoms with Gasteiger partial charge in [-0.2, -0.15) is 0 Å². The van der Waals surface area contributed by atoms with Gasteiger partial charge in [0.05, 0.1) is 19.8 Å². The number of aliphatic hydroxyl groups is 1. The summed E-state index contributed by atoms with van der Waals surface area (Å²) < 4.78 is 11.0. The number of carbonyl (C=O) groups is 1. The molecule has 3 aliphatic rings. The van der Waals surface area contributed by atoms with E-state index >= 15 is 0 Å². The molecule has 1 saturated carbocycles. The molecule has 130 valence electrons. The largest absolute Gasteiger partial charge is 0.493 e. The van der Waals surface area contributed by atoms with Crippen LogP contribution in [0.1, 0.15) is 30.9 Å². The molecule has 1 aromatic carbocycles. The molecule has 2 heterocycles. The Morgan fingerprint density at radius 2 is 2.00 bits per heavy atom. The van der Waals surface area contributed by atoms with Crippen LogP contribution in [0.3, 0.4) is 0 Å². The molecule has 4 atom stereocenters. The molecule has 1 aromatic rings. The number of nitrogens with zero attached hydrogens (tertiary/aromatic N) is 1. The first-order chi connectivity index (χ1) is 11.6. The molecule has 0 radical (unpaired) electrons. The maximum Gasteiger partial charge on any atom is 0.223 e. The highest BCUT2D eigenvalue weighted by molar-refractivity contribution is 5.82. The van der Waals surface area contributed by atoms with Gasteiger partial charge in [-0.05, 0) is 47.9 Å². The number of amides is 1. The molecule has 0 unspecified atom stereocenters. The van der Waals surface area contributed by atoms with Gasteiger partial charge >= 0.3 is 0 Å². The van der Waals surface area contributed by atoms with Crippen LogP contribution >= 0.6 is 0 Å². The molecule has 1 spiro atoms. The predicted octanol–water partition coefficient (Wildman–Crippen LogP) is 1.95. The van der Waals surface area contributed by atoms with Gasteiger partial charge in [-0.25, -0.2) is 0 Å².